The van der Waals surface area contributed by atoms with Crippen molar-refractivity contribution < 1.29 is 14.6 Å². The molecule has 0 saturated carbocycles. The molecule has 1 N–H and O–H groups in total. The van der Waals surface area contributed by atoms with E-state index >= 15 is 0 Å². The Kier molecular flexibility index (Phi) is 5.45. The van der Waals surface area contributed by atoms with Crippen LogP contribution in [0.2, 0.25) is 0 Å². The summed E-state index contributed by atoms with van der Waals surface area (Å²) in [5.74, 6) is 0.418. The quantitative estimate of drug-likeness (QED) is 0.335. The van der Waals surface area contributed by atoms with Crippen molar-refractivity contribution in [2.75, 3.05) is 32.8 Å². The van der Waals surface area contributed by atoms with Crippen LogP contribution in [0.5, 0.6) is 0 Å². The van der Waals surface area contributed by atoms with E-state index in [4.69, 9.17) is 15.4 Å². The lowest BCUT2D eigenvalue weighted by atomic mass is 9.98. The number of likely N-dealkylation sites (tertiary alicyclic amines) is 1. The largest absolute Gasteiger partial charge is 0.465 e. The third-order valence-electron chi connectivity index (χ3n) is 2.64. The summed E-state index contributed by atoms with van der Waals surface area (Å²) < 4.78 is 5.34. The van der Waals surface area contributed by atoms with Crippen LogP contribution in [0.3, 0.4) is 0 Å². The Hall–Kier alpha value is -1.46. The summed E-state index contributed by atoms with van der Waals surface area (Å²) in [5, 5.41) is 12.1. The lowest BCUT2D eigenvalue weighted by molar-refractivity contribution is 0.0688. The van der Waals surface area contributed by atoms with Gasteiger partial charge in [-0.25, -0.2) is 4.79 Å². The third kappa shape index (κ3) is 4.37. The first kappa shape index (κ1) is 12.6. The molecule has 1 aliphatic heterocycles. The molecule has 1 amide bonds. The van der Waals surface area contributed by atoms with Crippen molar-refractivity contribution in [2.24, 2.45) is 11.0 Å². The highest BCUT2D eigenvalue weighted by Gasteiger charge is 2.21. The number of carbonyl (C=O) groups is 1. The Morgan fingerprint density at radius 3 is 2.81 bits per heavy atom. The van der Waals surface area contributed by atoms with Gasteiger partial charge in [0.05, 0.1) is 6.61 Å². The molecule has 1 saturated heterocycles. The predicted octanol–water partition coefficient (Wildman–Crippen LogP) is 1.70. The maximum absolute atomic E-state index is 10.6. The standard InChI is InChI=1S/C9H16N4O3/c10-12-11-3-6-16-7-8-1-4-13(5-2-8)9(14)15/h8H,1-7H2,(H,14,15). The molecule has 7 nitrogen and oxygen atoms in total. The minimum absolute atomic E-state index is 0.352. The monoisotopic (exact) mass is 228 g/mol. The Bertz CT molecular complexity index is 270. The van der Waals surface area contributed by atoms with Crippen molar-refractivity contribution in [3.63, 3.8) is 0 Å². The van der Waals surface area contributed by atoms with E-state index in [9.17, 15) is 4.79 Å². The highest BCUT2D eigenvalue weighted by Crippen LogP contribution is 2.17. The SMILES string of the molecule is [N-]=[N+]=NCCOCC1CCN(C(=O)O)CC1. The highest BCUT2D eigenvalue weighted by atomic mass is 16.5. The summed E-state index contributed by atoms with van der Waals surface area (Å²) in [5.41, 5.74) is 8.04. The van der Waals surface area contributed by atoms with Gasteiger partial charge in [-0.15, -0.1) is 0 Å². The molecule has 16 heavy (non-hydrogen) atoms. The van der Waals surface area contributed by atoms with E-state index < -0.39 is 6.09 Å². The zero-order valence-corrected chi connectivity index (χ0v) is 9.08. The fourth-order valence-electron chi connectivity index (χ4n) is 1.69. The maximum atomic E-state index is 10.6. The number of azide groups is 1. The maximum Gasteiger partial charge on any atom is 0.407 e. The van der Waals surface area contributed by atoms with Gasteiger partial charge in [-0.2, -0.15) is 0 Å². The Balaban J connectivity index is 2.08. The van der Waals surface area contributed by atoms with Crippen LogP contribution in [0, 0.1) is 5.92 Å². The highest BCUT2D eigenvalue weighted by molar-refractivity contribution is 5.64. The molecule has 1 aliphatic rings. The van der Waals surface area contributed by atoms with Crippen molar-refractivity contribution in [3.8, 4) is 0 Å². The van der Waals surface area contributed by atoms with Crippen LogP contribution in [-0.4, -0.2) is 48.9 Å². The molecule has 0 bridgehead atoms. The lowest BCUT2D eigenvalue weighted by Gasteiger charge is -2.29. The first-order valence-corrected chi connectivity index (χ1v) is 5.30. The van der Waals surface area contributed by atoms with Crippen LogP contribution in [0.25, 0.3) is 10.4 Å². The Labute approximate surface area is 93.6 Å². The second-order valence-corrected chi connectivity index (χ2v) is 3.74. The summed E-state index contributed by atoms with van der Waals surface area (Å²) in [6, 6.07) is 0. The average molecular weight is 228 g/mol. The average Bonchev–Trinajstić information content (AvgIpc) is 2.29. The van der Waals surface area contributed by atoms with Gasteiger partial charge in [-0.1, -0.05) is 5.11 Å². The van der Waals surface area contributed by atoms with Gasteiger partial charge in [0.15, 0.2) is 0 Å². The van der Waals surface area contributed by atoms with Crippen LogP contribution in [0.4, 0.5) is 4.79 Å². The van der Waals surface area contributed by atoms with E-state index in [1.165, 1.54) is 4.90 Å². The van der Waals surface area contributed by atoms with Gasteiger partial charge in [0, 0.05) is 31.2 Å². The number of rotatable bonds is 5. The van der Waals surface area contributed by atoms with E-state index in [2.05, 4.69) is 10.0 Å². The van der Waals surface area contributed by atoms with Crippen LogP contribution in [-0.2, 0) is 4.74 Å². The first-order chi connectivity index (χ1) is 7.74. The minimum atomic E-state index is -0.845. The summed E-state index contributed by atoms with van der Waals surface area (Å²) in [4.78, 5) is 14.7. The fraction of sp³-hybridized carbons (Fsp3) is 0.889. The fourth-order valence-corrected chi connectivity index (χ4v) is 1.69. The van der Waals surface area contributed by atoms with Crippen molar-refractivity contribution in [1.82, 2.24) is 4.90 Å². The molecular formula is C9H16N4O3. The van der Waals surface area contributed by atoms with E-state index in [-0.39, 0.29) is 0 Å². The van der Waals surface area contributed by atoms with Gasteiger partial charge in [0.25, 0.3) is 0 Å². The zero-order valence-electron chi connectivity index (χ0n) is 9.08. The molecule has 1 fully saturated rings. The van der Waals surface area contributed by atoms with Gasteiger partial charge in [0.1, 0.15) is 0 Å². The van der Waals surface area contributed by atoms with Crippen molar-refractivity contribution in [3.05, 3.63) is 10.4 Å². The molecule has 1 rings (SSSR count). The normalized spacial score (nSPS) is 16.9. The number of amides is 1. The van der Waals surface area contributed by atoms with Gasteiger partial charge < -0.3 is 14.7 Å². The molecule has 0 aliphatic carbocycles. The topological polar surface area (TPSA) is 98.5 Å². The van der Waals surface area contributed by atoms with Gasteiger partial charge in [-0.3, -0.25) is 0 Å². The molecule has 7 heteroatoms. The number of nitrogens with zero attached hydrogens (tertiary/aromatic N) is 4. The minimum Gasteiger partial charge on any atom is -0.465 e. The number of piperidine rings is 1. The zero-order chi connectivity index (χ0) is 11.8. The van der Waals surface area contributed by atoms with Crippen LogP contribution in [0.15, 0.2) is 5.11 Å². The molecule has 0 atom stereocenters. The van der Waals surface area contributed by atoms with Crippen LogP contribution < -0.4 is 0 Å². The van der Waals surface area contributed by atoms with Crippen molar-refractivity contribution >= 4 is 6.09 Å². The van der Waals surface area contributed by atoms with Gasteiger partial charge in [0.2, 0.25) is 0 Å². The number of carboxylic acid groups (broad SMARTS) is 1. The molecular weight excluding hydrogens is 212 g/mol. The molecule has 0 aromatic carbocycles. The number of hydrogen-bond donors (Lipinski definition) is 1. The molecule has 0 unspecified atom stereocenters. The number of ether oxygens (including phenoxy) is 1. The van der Waals surface area contributed by atoms with Crippen LogP contribution >= 0.6 is 0 Å². The molecule has 90 valence electrons. The summed E-state index contributed by atoms with van der Waals surface area (Å²) >= 11 is 0. The van der Waals surface area contributed by atoms with Gasteiger partial charge in [-0.05, 0) is 24.3 Å². The lowest BCUT2D eigenvalue weighted by Crippen LogP contribution is -2.38. The summed E-state index contributed by atoms with van der Waals surface area (Å²) in [6.45, 7) is 2.57. The Morgan fingerprint density at radius 1 is 1.56 bits per heavy atom. The smallest absolute Gasteiger partial charge is 0.407 e. The molecule has 0 radical (unpaired) electrons. The molecule has 0 spiro atoms. The second kappa shape index (κ2) is 6.92. The van der Waals surface area contributed by atoms with E-state index in [1.807, 2.05) is 0 Å². The number of hydrogen-bond acceptors (Lipinski definition) is 3. The van der Waals surface area contributed by atoms with Crippen molar-refractivity contribution in [2.45, 2.75) is 12.8 Å². The Morgan fingerprint density at radius 2 is 2.25 bits per heavy atom. The summed E-state index contributed by atoms with van der Waals surface area (Å²) in [6.07, 6.45) is 0.837. The van der Waals surface area contributed by atoms with Crippen molar-refractivity contribution in [1.29, 1.82) is 0 Å². The molecule has 1 heterocycles. The second-order valence-electron chi connectivity index (χ2n) is 3.74. The van der Waals surface area contributed by atoms with E-state index in [0.717, 1.165) is 12.8 Å². The van der Waals surface area contributed by atoms with E-state index in [1.54, 1.807) is 0 Å². The predicted molar refractivity (Wildman–Crippen MR) is 57.2 cm³/mol. The summed E-state index contributed by atoms with van der Waals surface area (Å²) in [7, 11) is 0. The molecule has 0 aromatic rings. The van der Waals surface area contributed by atoms with E-state index in [0.29, 0.717) is 38.8 Å². The molecule has 0 aromatic heterocycles. The van der Waals surface area contributed by atoms with Crippen LogP contribution in [0.1, 0.15) is 12.8 Å². The first-order valence-electron chi connectivity index (χ1n) is 5.30. The van der Waals surface area contributed by atoms with Gasteiger partial charge >= 0.3 is 6.09 Å². The third-order valence-corrected chi connectivity index (χ3v) is 2.64.